The second-order valence-corrected chi connectivity index (χ2v) is 8.99. The Morgan fingerprint density at radius 2 is 1.66 bits per heavy atom. The number of hydrogen-bond donors (Lipinski definition) is 0. The number of unbranched alkanes of at least 4 members (excludes halogenated alkanes) is 1. The zero-order valence-electron chi connectivity index (χ0n) is 16.7. The molecule has 1 heterocycles. The lowest BCUT2D eigenvalue weighted by atomic mass is 9.91. The highest BCUT2D eigenvalue weighted by Gasteiger charge is 2.29. The van der Waals surface area contributed by atoms with Crippen LogP contribution in [0, 0.1) is 0 Å². The van der Waals surface area contributed by atoms with Gasteiger partial charge in [0.1, 0.15) is 0 Å². The molecule has 0 spiro atoms. The van der Waals surface area contributed by atoms with Crippen LogP contribution in [0.4, 0.5) is 0 Å². The molecule has 1 aliphatic heterocycles. The van der Waals surface area contributed by atoms with Gasteiger partial charge >= 0.3 is 8.25 Å². The zero-order valence-corrected chi connectivity index (χ0v) is 17.7. The summed E-state index contributed by atoms with van der Waals surface area (Å²) in [6, 6.07) is 19.9. The van der Waals surface area contributed by atoms with Crippen molar-refractivity contribution in [3.05, 3.63) is 60.2 Å². The maximum atomic E-state index is 11.9. The third-order valence-corrected chi connectivity index (χ3v) is 6.88. The van der Waals surface area contributed by atoms with Gasteiger partial charge in [0.25, 0.3) is 0 Å². The summed E-state index contributed by atoms with van der Waals surface area (Å²) in [4.78, 5) is 2.35. The number of benzene rings is 4. The highest BCUT2D eigenvalue weighted by atomic mass is 31.1. The van der Waals surface area contributed by atoms with Crippen LogP contribution in [0.1, 0.15) is 25.3 Å². The van der Waals surface area contributed by atoms with E-state index in [1.165, 1.54) is 37.9 Å². The van der Waals surface area contributed by atoms with Crippen LogP contribution in [-0.2, 0) is 20.2 Å². The Labute approximate surface area is 171 Å². The number of likely N-dealkylation sites (tertiary alicyclic amines) is 1. The fraction of sp³-hybridized carbons (Fsp3) is 0.333. The average Bonchev–Trinajstić information content (AvgIpc) is 2.71. The van der Waals surface area contributed by atoms with Crippen LogP contribution >= 0.6 is 8.25 Å². The van der Waals surface area contributed by atoms with E-state index in [1.54, 1.807) is 0 Å². The van der Waals surface area contributed by atoms with Crippen LogP contribution in [-0.4, -0.2) is 30.7 Å². The van der Waals surface area contributed by atoms with Gasteiger partial charge in [-0.25, -0.2) is 0 Å². The molecule has 0 amide bonds. The first kappa shape index (κ1) is 19.0. The molecule has 150 valence electrons. The van der Waals surface area contributed by atoms with E-state index in [1.807, 2.05) is 0 Å². The minimum atomic E-state index is -2.36. The van der Waals surface area contributed by atoms with Crippen molar-refractivity contribution in [2.45, 2.75) is 32.4 Å². The van der Waals surface area contributed by atoms with Gasteiger partial charge < -0.3 is 9.05 Å². The molecule has 4 nitrogen and oxygen atoms in total. The van der Waals surface area contributed by atoms with Crippen molar-refractivity contribution in [3.63, 3.8) is 0 Å². The Hall–Kier alpha value is -1.97. The van der Waals surface area contributed by atoms with E-state index >= 15 is 0 Å². The van der Waals surface area contributed by atoms with Crippen molar-refractivity contribution in [1.29, 1.82) is 0 Å². The van der Waals surface area contributed by atoms with Gasteiger partial charge in [-0.3, -0.25) is 9.46 Å². The van der Waals surface area contributed by atoms with Gasteiger partial charge in [-0.05, 0) is 44.3 Å². The van der Waals surface area contributed by atoms with Gasteiger partial charge in [-0.15, -0.1) is 0 Å². The van der Waals surface area contributed by atoms with Crippen molar-refractivity contribution in [1.82, 2.24) is 4.90 Å². The molecule has 0 radical (unpaired) electrons. The van der Waals surface area contributed by atoms with E-state index in [4.69, 9.17) is 9.05 Å². The Bertz CT molecular complexity index is 1150. The van der Waals surface area contributed by atoms with Gasteiger partial charge in [0, 0.05) is 19.6 Å². The molecule has 1 atom stereocenters. The summed E-state index contributed by atoms with van der Waals surface area (Å²) in [5.41, 5.74) is 1.33. The van der Waals surface area contributed by atoms with Crippen molar-refractivity contribution in [2.75, 3.05) is 19.7 Å². The van der Waals surface area contributed by atoms with Crippen LogP contribution in [0.15, 0.2) is 54.6 Å². The van der Waals surface area contributed by atoms with Gasteiger partial charge in [-0.1, -0.05) is 67.9 Å². The molecule has 0 bridgehead atoms. The van der Waals surface area contributed by atoms with Gasteiger partial charge in [0.15, 0.2) is 0 Å². The van der Waals surface area contributed by atoms with E-state index in [2.05, 4.69) is 66.4 Å². The van der Waals surface area contributed by atoms with Crippen molar-refractivity contribution in [3.8, 4) is 0 Å². The summed E-state index contributed by atoms with van der Waals surface area (Å²) in [7, 11) is -2.36. The smallest absolute Gasteiger partial charge is 0.311 e. The lowest BCUT2D eigenvalue weighted by Gasteiger charge is -2.38. The van der Waals surface area contributed by atoms with Crippen molar-refractivity contribution in [2.24, 2.45) is 0 Å². The Kier molecular flexibility index (Phi) is 5.28. The van der Waals surface area contributed by atoms with Crippen LogP contribution < -0.4 is 0 Å². The van der Waals surface area contributed by atoms with Crippen LogP contribution in [0.3, 0.4) is 0 Å². The van der Waals surface area contributed by atoms with Crippen LogP contribution in [0.25, 0.3) is 32.3 Å². The Morgan fingerprint density at radius 3 is 2.41 bits per heavy atom. The van der Waals surface area contributed by atoms with Gasteiger partial charge in [0.05, 0.1) is 12.7 Å². The molecule has 4 aromatic carbocycles. The Balaban J connectivity index is 1.31. The average molecular weight is 407 g/mol. The molecule has 0 N–H and O–H groups in total. The largest absolute Gasteiger partial charge is 0.319 e. The minimum Gasteiger partial charge on any atom is -0.311 e. The molecule has 4 aromatic rings. The molecule has 5 rings (SSSR count). The summed E-state index contributed by atoms with van der Waals surface area (Å²) >= 11 is 0. The maximum absolute atomic E-state index is 11.9. The molecular formula is C24H26NO3P. The summed E-state index contributed by atoms with van der Waals surface area (Å²) < 4.78 is 22.7. The van der Waals surface area contributed by atoms with Crippen molar-refractivity contribution < 1.29 is 13.6 Å². The predicted molar refractivity (Wildman–Crippen MR) is 120 cm³/mol. The fourth-order valence-corrected chi connectivity index (χ4v) is 5.17. The maximum Gasteiger partial charge on any atom is 0.319 e. The molecule has 0 aliphatic carbocycles. The molecule has 1 unspecified atom stereocenters. The number of nitrogens with zero attached hydrogens (tertiary/aromatic N) is 1. The number of hydrogen-bond acceptors (Lipinski definition) is 4. The first-order valence-electron chi connectivity index (χ1n) is 10.4. The fourth-order valence-electron chi connectivity index (χ4n) is 4.37. The highest BCUT2D eigenvalue weighted by molar-refractivity contribution is 7.33. The van der Waals surface area contributed by atoms with Gasteiger partial charge in [0.2, 0.25) is 0 Å². The van der Waals surface area contributed by atoms with E-state index in [9.17, 15) is 4.57 Å². The quantitative estimate of drug-likeness (QED) is 0.204. The lowest BCUT2D eigenvalue weighted by Crippen LogP contribution is -2.50. The first-order chi connectivity index (χ1) is 14.2. The minimum absolute atomic E-state index is 0.0165. The molecule has 29 heavy (non-hydrogen) atoms. The van der Waals surface area contributed by atoms with E-state index in [-0.39, 0.29) is 6.10 Å². The van der Waals surface area contributed by atoms with Crippen LogP contribution in [0.2, 0.25) is 0 Å². The molecular weight excluding hydrogens is 381 g/mol. The lowest BCUT2D eigenvalue weighted by molar-refractivity contribution is 0.00945. The van der Waals surface area contributed by atoms with Crippen LogP contribution in [0.5, 0.6) is 0 Å². The summed E-state index contributed by atoms with van der Waals surface area (Å²) in [6.45, 7) is 5.09. The SMILES string of the molecule is CCCCO[PH](=O)OC1CN(Cc2ccc3ccc4cccc5ccc2c3c45)C1. The normalized spacial score (nSPS) is 16.7. The van der Waals surface area contributed by atoms with E-state index in [0.29, 0.717) is 6.61 Å². The molecule has 5 heteroatoms. The van der Waals surface area contributed by atoms with E-state index in [0.717, 1.165) is 32.5 Å². The molecule has 1 aliphatic rings. The monoisotopic (exact) mass is 407 g/mol. The predicted octanol–water partition coefficient (Wildman–Crippen LogP) is 5.99. The first-order valence-corrected chi connectivity index (χ1v) is 11.7. The Morgan fingerprint density at radius 1 is 0.966 bits per heavy atom. The molecule has 0 saturated carbocycles. The number of rotatable bonds is 8. The summed E-state index contributed by atoms with van der Waals surface area (Å²) in [5.74, 6) is 0. The standard InChI is InChI=1S/C24H26NO3P/c1-2-3-13-27-29(26)28-21-15-25(16-21)14-20-10-9-19-8-7-17-5-4-6-18-11-12-22(20)24(19)23(17)18/h4-12,21,29H,2-3,13-16H2,1H3. The second kappa shape index (κ2) is 8.04. The summed E-state index contributed by atoms with van der Waals surface area (Å²) in [5, 5.41) is 7.93. The van der Waals surface area contributed by atoms with Gasteiger partial charge in [-0.2, -0.15) is 0 Å². The highest BCUT2D eigenvalue weighted by Crippen LogP contribution is 2.37. The summed E-state index contributed by atoms with van der Waals surface area (Å²) in [6.07, 6.45) is 1.97. The topological polar surface area (TPSA) is 38.8 Å². The zero-order chi connectivity index (χ0) is 19.8. The third kappa shape index (κ3) is 3.67. The van der Waals surface area contributed by atoms with E-state index < -0.39 is 8.25 Å². The van der Waals surface area contributed by atoms with Crippen molar-refractivity contribution >= 4 is 40.6 Å². The third-order valence-electron chi connectivity index (χ3n) is 5.92. The molecule has 1 saturated heterocycles. The second-order valence-electron chi connectivity index (χ2n) is 7.97. The molecule has 1 fully saturated rings. The molecule has 0 aromatic heterocycles.